The van der Waals surface area contributed by atoms with Crippen LogP contribution in [0.15, 0.2) is 0 Å². The van der Waals surface area contributed by atoms with Crippen molar-refractivity contribution in [3.63, 3.8) is 0 Å². The van der Waals surface area contributed by atoms with Crippen molar-refractivity contribution < 1.29 is 14.3 Å². The molecule has 0 bridgehead atoms. The maximum atomic E-state index is 11.9. The van der Waals surface area contributed by atoms with Gasteiger partial charge >= 0.3 is 5.97 Å². The maximum Gasteiger partial charge on any atom is 0.320 e. The number of esters is 1. The Balaban J connectivity index is 2.41. The van der Waals surface area contributed by atoms with Gasteiger partial charge in [-0.2, -0.15) is 0 Å². The lowest BCUT2D eigenvalue weighted by Crippen LogP contribution is -2.44. The van der Waals surface area contributed by atoms with Gasteiger partial charge < -0.3 is 15.0 Å². The maximum absolute atomic E-state index is 11.9. The average molecular weight is 242 g/mol. The van der Waals surface area contributed by atoms with E-state index in [9.17, 15) is 9.59 Å². The molecule has 0 spiro atoms. The normalized spacial score (nSPS) is 21.3. The summed E-state index contributed by atoms with van der Waals surface area (Å²) in [5.41, 5.74) is -1.11. The van der Waals surface area contributed by atoms with Gasteiger partial charge in [0.15, 0.2) is 0 Å². The molecule has 1 fully saturated rings. The minimum atomic E-state index is -1.11. The number of rotatable bonds is 4. The van der Waals surface area contributed by atoms with Gasteiger partial charge in [-0.25, -0.2) is 0 Å². The first-order valence-electron chi connectivity index (χ1n) is 5.93. The highest BCUT2D eigenvalue weighted by Gasteiger charge is 2.37. The number of amides is 1. The minimum absolute atomic E-state index is 0.265. The van der Waals surface area contributed by atoms with E-state index in [1.54, 1.807) is 13.8 Å². The third-order valence-corrected chi connectivity index (χ3v) is 3.30. The molecule has 1 heterocycles. The fraction of sp³-hybridized carbons (Fsp3) is 0.833. The van der Waals surface area contributed by atoms with Crippen LogP contribution in [0, 0.1) is 11.3 Å². The third kappa shape index (κ3) is 3.43. The lowest BCUT2D eigenvalue weighted by atomic mass is 9.92. The van der Waals surface area contributed by atoms with Crippen LogP contribution in [-0.4, -0.2) is 50.6 Å². The van der Waals surface area contributed by atoms with Gasteiger partial charge in [0.05, 0.1) is 7.11 Å². The van der Waals surface area contributed by atoms with Crippen LogP contribution in [0.5, 0.6) is 0 Å². The van der Waals surface area contributed by atoms with Gasteiger partial charge in [0.25, 0.3) is 0 Å². The van der Waals surface area contributed by atoms with Crippen LogP contribution in [-0.2, 0) is 14.3 Å². The molecule has 1 aliphatic heterocycles. The van der Waals surface area contributed by atoms with Gasteiger partial charge in [-0.15, -0.1) is 0 Å². The Bertz CT molecular complexity index is 302. The van der Waals surface area contributed by atoms with Gasteiger partial charge in [0.2, 0.25) is 5.91 Å². The molecule has 0 radical (unpaired) electrons. The third-order valence-electron chi connectivity index (χ3n) is 3.30. The van der Waals surface area contributed by atoms with Crippen LogP contribution < -0.4 is 5.32 Å². The van der Waals surface area contributed by atoms with E-state index >= 15 is 0 Å². The van der Waals surface area contributed by atoms with E-state index in [4.69, 9.17) is 0 Å². The molecule has 1 saturated heterocycles. The Morgan fingerprint density at radius 3 is 2.59 bits per heavy atom. The summed E-state index contributed by atoms with van der Waals surface area (Å²) in [7, 11) is 3.36. The van der Waals surface area contributed by atoms with E-state index in [1.165, 1.54) is 7.11 Å². The molecule has 1 unspecified atom stereocenters. The summed E-state index contributed by atoms with van der Waals surface area (Å²) in [5.74, 6) is -0.283. The molecule has 1 atom stereocenters. The molecule has 5 heteroatoms. The zero-order valence-corrected chi connectivity index (χ0v) is 11.1. The van der Waals surface area contributed by atoms with Gasteiger partial charge in [-0.05, 0) is 39.8 Å². The van der Waals surface area contributed by atoms with Crippen molar-refractivity contribution in [1.29, 1.82) is 0 Å². The molecule has 1 amide bonds. The minimum Gasteiger partial charge on any atom is -0.468 e. The number of methoxy groups -OCH3 is 1. The molecule has 0 aromatic heterocycles. The Morgan fingerprint density at radius 2 is 2.12 bits per heavy atom. The zero-order valence-electron chi connectivity index (χ0n) is 11.1. The van der Waals surface area contributed by atoms with E-state index < -0.39 is 11.4 Å². The first-order chi connectivity index (χ1) is 7.87. The van der Waals surface area contributed by atoms with Crippen molar-refractivity contribution in [3.8, 4) is 0 Å². The Labute approximate surface area is 102 Å². The Morgan fingerprint density at radius 1 is 1.47 bits per heavy atom. The van der Waals surface area contributed by atoms with Crippen LogP contribution in [0.25, 0.3) is 0 Å². The smallest absolute Gasteiger partial charge is 0.320 e. The fourth-order valence-corrected chi connectivity index (χ4v) is 2.00. The highest BCUT2D eigenvalue weighted by atomic mass is 16.5. The second-order valence-electron chi connectivity index (χ2n) is 5.24. The summed E-state index contributed by atoms with van der Waals surface area (Å²) in [6.07, 6.45) is 1.09. The van der Waals surface area contributed by atoms with Gasteiger partial charge in [-0.3, -0.25) is 9.59 Å². The van der Waals surface area contributed by atoms with Crippen molar-refractivity contribution in [2.45, 2.75) is 20.3 Å². The summed E-state index contributed by atoms with van der Waals surface area (Å²) in [6.45, 7) is 5.85. The van der Waals surface area contributed by atoms with E-state index in [0.717, 1.165) is 19.5 Å². The molecule has 98 valence electrons. The summed E-state index contributed by atoms with van der Waals surface area (Å²) in [4.78, 5) is 25.5. The second-order valence-corrected chi connectivity index (χ2v) is 5.24. The topological polar surface area (TPSA) is 58.6 Å². The number of carbonyl (C=O) groups excluding carboxylic acids is 2. The highest BCUT2D eigenvalue weighted by molar-refractivity contribution is 6.01. The average Bonchev–Trinajstić information content (AvgIpc) is 2.70. The second kappa shape index (κ2) is 5.49. The van der Waals surface area contributed by atoms with E-state index in [2.05, 4.69) is 22.0 Å². The highest BCUT2D eigenvalue weighted by Crippen LogP contribution is 2.18. The first-order valence-corrected chi connectivity index (χ1v) is 5.93. The summed E-state index contributed by atoms with van der Waals surface area (Å²) >= 11 is 0. The lowest BCUT2D eigenvalue weighted by molar-refractivity contribution is -0.156. The Hall–Kier alpha value is -1.10. The quantitative estimate of drug-likeness (QED) is 0.567. The van der Waals surface area contributed by atoms with Crippen LogP contribution in [0.3, 0.4) is 0 Å². The lowest BCUT2D eigenvalue weighted by Gasteiger charge is -2.21. The number of nitrogens with zero attached hydrogens (tertiary/aromatic N) is 1. The van der Waals surface area contributed by atoms with Crippen LogP contribution in [0.2, 0.25) is 0 Å². The number of carbonyl (C=O) groups is 2. The zero-order chi connectivity index (χ0) is 13.1. The number of hydrogen-bond acceptors (Lipinski definition) is 4. The van der Waals surface area contributed by atoms with Crippen molar-refractivity contribution in [1.82, 2.24) is 10.2 Å². The summed E-state index contributed by atoms with van der Waals surface area (Å²) in [5, 5.41) is 2.83. The van der Waals surface area contributed by atoms with Crippen LogP contribution in [0.4, 0.5) is 0 Å². The standard InChI is InChI=1S/C12H22N2O3/c1-12(2,11(16)17-4)10(15)13-7-9-5-6-14(3)8-9/h9H,5-8H2,1-4H3,(H,13,15). The predicted octanol–water partition coefficient (Wildman–Crippen LogP) is 0.254. The van der Waals surface area contributed by atoms with Gasteiger partial charge in [-0.1, -0.05) is 0 Å². The number of likely N-dealkylation sites (tertiary alicyclic amines) is 1. The summed E-state index contributed by atoms with van der Waals surface area (Å²) < 4.78 is 4.62. The largest absolute Gasteiger partial charge is 0.468 e. The van der Waals surface area contributed by atoms with Crippen LogP contribution >= 0.6 is 0 Å². The molecule has 1 N–H and O–H groups in total. The van der Waals surface area contributed by atoms with E-state index in [1.807, 2.05) is 0 Å². The Kier molecular flexibility index (Phi) is 4.51. The predicted molar refractivity (Wildman–Crippen MR) is 64.4 cm³/mol. The number of ether oxygens (including phenoxy) is 1. The van der Waals surface area contributed by atoms with Gasteiger partial charge in [0.1, 0.15) is 5.41 Å². The molecular formula is C12H22N2O3. The fourth-order valence-electron chi connectivity index (χ4n) is 2.00. The molecule has 0 aromatic carbocycles. The van der Waals surface area contributed by atoms with Crippen LogP contribution in [0.1, 0.15) is 20.3 Å². The summed E-state index contributed by atoms with van der Waals surface area (Å²) in [6, 6.07) is 0. The van der Waals surface area contributed by atoms with Gasteiger partial charge in [0, 0.05) is 13.1 Å². The van der Waals surface area contributed by atoms with Crippen molar-refractivity contribution in [2.75, 3.05) is 33.8 Å². The first kappa shape index (κ1) is 14.0. The van der Waals surface area contributed by atoms with E-state index in [0.29, 0.717) is 12.5 Å². The van der Waals surface area contributed by atoms with Crippen molar-refractivity contribution >= 4 is 11.9 Å². The number of nitrogens with one attached hydrogen (secondary N) is 1. The van der Waals surface area contributed by atoms with Crippen molar-refractivity contribution in [3.05, 3.63) is 0 Å². The molecule has 0 aromatic rings. The number of hydrogen-bond donors (Lipinski definition) is 1. The molecule has 0 saturated carbocycles. The molecule has 17 heavy (non-hydrogen) atoms. The monoisotopic (exact) mass is 242 g/mol. The molecule has 1 aliphatic rings. The van der Waals surface area contributed by atoms with Crippen molar-refractivity contribution in [2.24, 2.45) is 11.3 Å². The molecular weight excluding hydrogens is 220 g/mol. The molecule has 0 aliphatic carbocycles. The molecule has 1 rings (SSSR count). The SMILES string of the molecule is COC(=O)C(C)(C)C(=O)NCC1CCN(C)C1. The van der Waals surface area contributed by atoms with E-state index in [-0.39, 0.29) is 5.91 Å². The molecule has 5 nitrogen and oxygen atoms in total.